The second-order valence-corrected chi connectivity index (χ2v) is 5.85. The average molecular weight is 326 g/mol. The molecular formula is C15H15FO5S. The molecule has 0 aliphatic heterocycles. The predicted molar refractivity (Wildman–Crippen MR) is 78.0 cm³/mol. The van der Waals surface area contributed by atoms with Crippen molar-refractivity contribution in [2.45, 2.75) is 4.90 Å². The maximum absolute atomic E-state index is 13.0. The lowest BCUT2D eigenvalue weighted by molar-refractivity contribution is 0.146. The summed E-state index contributed by atoms with van der Waals surface area (Å²) in [5, 5.41) is 0. The van der Waals surface area contributed by atoms with Crippen LogP contribution in [0.25, 0.3) is 0 Å². The van der Waals surface area contributed by atoms with Crippen LogP contribution in [-0.2, 0) is 14.9 Å². The minimum atomic E-state index is -4.02. The summed E-state index contributed by atoms with van der Waals surface area (Å²) >= 11 is 0. The summed E-state index contributed by atoms with van der Waals surface area (Å²) in [6, 6.07) is 10.7. The Hall–Kier alpha value is -2.12. The first kappa shape index (κ1) is 16.3. The smallest absolute Gasteiger partial charge is 0.339 e. The van der Waals surface area contributed by atoms with Crippen LogP contribution >= 0.6 is 0 Å². The van der Waals surface area contributed by atoms with Crippen LogP contribution in [-0.4, -0.2) is 28.7 Å². The van der Waals surface area contributed by atoms with Crippen LogP contribution in [0, 0.1) is 5.82 Å². The van der Waals surface area contributed by atoms with E-state index in [0.29, 0.717) is 19.0 Å². The summed E-state index contributed by atoms with van der Waals surface area (Å²) in [4.78, 5) is -0.0455. The topological polar surface area (TPSA) is 61.8 Å². The van der Waals surface area contributed by atoms with Gasteiger partial charge in [0.1, 0.15) is 28.8 Å². The Morgan fingerprint density at radius 3 is 2.36 bits per heavy atom. The van der Waals surface area contributed by atoms with E-state index < -0.39 is 15.9 Å². The molecule has 0 heterocycles. The van der Waals surface area contributed by atoms with E-state index >= 15 is 0 Å². The Kier molecular flexibility index (Phi) is 5.35. The minimum Gasteiger partial charge on any atom is -0.491 e. The second kappa shape index (κ2) is 7.24. The van der Waals surface area contributed by atoms with Gasteiger partial charge in [-0.15, -0.1) is 0 Å². The highest BCUT2D eigenvalue weighted by molar-refractivity contribution is 7.87. The summed E-state index contributed by atoms with van der Waals surface area (Å²) in [7, 11) is -2.46. The Bertz CT molecular complexity index is 713. The number of ether oxygens (including phenoxy) is 2. The SMILES string of the molecule is COCCOc1ccc(S(=O)(=O)Oc2cccc(F)c2)cc1. The van der Waals surface area contributed by atoms with E-state index in [2.05, 4.69) is 0 Å². The van der Waals surface area contributed by atoms with E-state index in [1.165, 1.54) is 42.5 Å². The molecule has 0 saturated heterocycles. The van der Waals surface area contributed by atoms with Gasteiger partial charge in [0.25, 0.3) is 0 Å². The maximum Gasteiger partial charge on any atom is 0.339 e. The van der Waals surface area contributed by atoms with Crippen molar-refractivity contribution in [3.05, 3.63) is 54.3 Å². The summed E-state index contributed by atoms with van der Waals surface area (Å²) < 4.78 is 52.3. The van der Waals surface area contributed by atoms with Crippen molar-refractivity contribution in [1.82, 2.24) is 0 Å². The number of hydrogen-bond acceptors (Lipinski definition) is 5. The normalized spacial score (nSPS) is 11.2. The fourth-order valence-electron chi connectivity index (χ4n) is 1.64. The number of hydrogen-bond donors (Lipinski definition) is 0. The summed E-state index contributed by atoms with van der Waals surface area (Å²) in [5.41, 5.74) is 0. The van der Waals surface area contributed by atoms with Gasteiger partial charge in [-0.25, -0.2) is 4.39 Å². The van der Waals surface area contributed by atoms with Crippen LogP contribution < -0.4 is 8.92 Å². The molecule has 0 saturated carbocycles. The van der Waals surface area contributed by atoms with Gasteiger partial charge in [0.15, 0.2) is 0 Å². The van der Waals surface area contributed by atoms with Gasteiger partial charge in [-0.1, -0.05) is 6.07 Å². The van der Waals surface area contributed by atoms with E-state index in [4.69, 9.17) is 13.7 Å². The molecule has 0 aromatic heterocycles. The number of halogens is 1. The predicted octanol–water partition coefficient (Wildman–Crippen LogP) is 2.62. The lowest BCUT2D eigenvalue weighted by atomic mass is 10.3. The molecule has 0 radical (unpaired) electrons. The molecule has 0 spiro atoms. The van der Waals surface area contributed by atoms with Crippen molar-refractivity contribution < 1.29 is 26.5 Å². The van der Waals surface area contributed by atoms with Crippen molar-refractivity contribution in [2.24, 2.45) is 0 Å². The zero-order valence-corrected chi connectivity index (χ0v) is 12.7. The standard InChI is InChI=1S/C15H15FO5S/c1-19-9-10-20-13-5-7-15(8-6-13)22(17,18)21-14-4-2-3-12(16)11-14/h2-8,11H,9-10H2,1H3. The molecule has 0 bridgehead atoms. The molecule has 0 atom stereocenters. The van der Waals surface area contributed by atoms with Gasteiger partial charge >= 0.3 is 10.1 Å². The van der Waals surface area contributed by atoms with Crippen LogP contribution in [0.5, 0.6) is 11.5 Å². The molecule has 0 fully saturated rings. The van der Waals surface area contributed by atoms with E-state index in [9.17, 15) is 12.8 Å². The largest absolute Gasteiger partial charge is 0.491 e. The molecule has 0 aliphatic rings. The molecule has 0 aliphatic carbocycles. The Balaban J connectivity index is 2.09. The van der Waals surface area contributed by atoms with Gasteiger partial charge in [-0.2, -0.15) is 8.42 Å². The van der Waals surface area contributed by atoms with Crippen LogP contribution in [0.2, 0.25) is 0 Å². The first-order valence-corrected chi connectivity index (χ1v) is 7.84. The van der Waals surface area contributed by atoms with Gasteiger partial charge in [0.2, 0.25) is 0 Å². The van der Waals surface area contributed by atoms with E-state index in [-0.39, 0.29) is 10.6 Å². The average Bonchev–Trinajstić information content (AvgIpc) is 2.47. The van der Waals surface area contributed by atoms with Crippen molar-refractivity contribution >= 4 is 10.1 Å². The van der Waals surface area contributed by atoms with Crippen LogP contribution in [0.4, 0.5) is 4.39 Å². The van der Waals surface area contributed by atoms with Crippen LogP contribution in [0.3, 0.4) is 0 Å². The molecule has 7 heteroatoms. The van der Waals surface area contributed by atoms with Crippen LogP contribution in [0.1, 0.15) is 0 Å². The molecule has 118 valence electrons. The van der Waals surface area contributed by atoms with Crippen molar-refractivity contribution in [2.75, 3.05) is 20.3 Å². The maximum atomic E-state index is 13.0. The Morgan fingerprint density at radius 1 is 1.00 bits per heavy atom. The molecule has 2 rings (SSSR count). The van der Waals surface area contributed by atoms with E-state index in [0.717, 1.165) is 6.07 Å². The van der Waals surface area contributed by atoms with Gasteiger partial charge < -0.3 is 13.7 Å². The fourth-order valence-corrected chi connectivity index (χ4v) is 2.56. The zero-order chi connectivity index (χ0) is 16.0. The second-order valence-electron chi connectivity index (χ2n) is 4.31. The molecule has 2 aromatic carbocycles. The fraction of sp³-hybridized carbons (Fsp3) is 0.200. The third-order valence-electron chi connectivity index (χ3n) is 2.67. The van der Waals surface area contributed by atoms with Crippen molar-refractivity contribution in [3.8, 4) is 11.5 Å². The van der Waals surface area contributed by atoms with Crippen molar-refractivity contribution in [3.63, 3.8) is 0 Å². The molecule has 0 N–H and O–H groups in total. The third-order valence-corrected chi connectivity index (χ3v) is 3.93. The molecule has 5 nitrogen and oxygen atoms in total. The third kappa shape index (κ3) is 4.44. The quantitative estimate of drug-likeness (QED) is 0.578. The highest BCUT2D eigenvalue weighted by Crippen LogP contribution is 2.21. The van der Waals surface area contributed by atoms with Gasteiger partial charge in [0, 0.05) is 13.2 Å². The van der Waals surface area contributed by atoms with Gasteiger partial charge in [-0.05, 0) is 36.4 Å². The summed E-state index contributed by atoms with van der Waals surface area (Å²) in [6.07, 6.45) is 0. The number of methoxy groups -OCH3 is 1. The lowest BCUT2D eigenvalue weighted by Crippen LogP contribution is -2.10. The molecular weight excluding hydrogens is 311 g/mol. The highest BCUT2D eigenvalue weighted by atomic mass is 32.2. The van der Waals surface area contributed by atoms with E-state index in [1.807, 2.05) is 0 Å². The first-order chi connectivity index (χ1) is 10.5. The number of rotatable bonds is 7. The lowest BCUT2D eigenvalue weighted by Gasteiger charge is -2.08. The number of benzene rings is 2. The Labute approximate surface area is 128 Å². The van der Waals surface area contributed by atoms with Gasteiger partial charge in [-0.3, -0.25) is 0 Å². The molecule has 0 amide bonds. The monoisotopic (exact) mass is 326 g/mol. The van der Waals surface area contributed by atoms with E-state index in [1.54, 1.807) is 7.11 Å². The van der Waals surface area contributed by atoms with Crippen molar-refractivity contribution in [1.29, 1.82) is 0 Å². The first-order valence-electron chi connectivity index (χ1n) is 6.43. The Morgan fingerprint density at radius 2 is 1.73 bits per heavy atom. The minimum absolute atomic E-state index is 0.0455. The molecule has 22 heavy (non-hydrogen) atoms. The molecule has 2 aromatic rings. The molecule has 0 unspecified atom stereocenters. The zero-order valence-electron chi connectivity index (χ0n) is 11.9. The summed E-state index contributed by atoms with van der Waals surface area (Å²) in [5.74, 6) is -0.142. The van der Waals surface area contributed by atoms with Gasteiger partial charge in [0.05, 0.1) is 6.61 Å². The van der Waals surface area contributed by atoms with Crippen LogP contribution in [0.15, 0.2) is 53.4 Å². The summed E-state index contributed by atoms with van der Waals surface area (Å²) in [6.45, 7) is 0.797. The highest BCUT2D eigenvalue weighted by Gasteiger charge is 2.17.